The fourth-order valence-electron chi connectivity index (χ4n) is 1.41. The summed E-state index contributed by atoms with van der Waals surface area (Å²) in [5.41, 5.74) is 1.75. The lowest BCUT2D eigenvalue weighted by Gasteiger charge is -1.99. The molecule has 5 heteroatoms. The molecule has 0 bridgehead atoms. The zero-order valence-corrected chi connectivity index (χ0v) is 10.3. The van der Waals surface area contributed by atoms with Gasteiger partial charge in [-0.05, 0) is 29.8 Å². The summed E-state index contributed by atoms with van der Waals surface area (Å²) < 4.78 is 0. The van der Waals surface area contributed by atoms with Gasteiger partial charge in [0.15, 0.2) is 0 Å². The predicted molar refractivity (Wildman–Crippen MR) is 70.9 cm³/mol. The number of hydrogen-bond acceptors (Lipinski definition) is 2. The molecule has 0 radical (unpaired) electrons. The number of aromatic amines is 1. The Hall–Kier alpha value is -2.07. The van der Waals surface area contributed by atoms with Crippen LogP contribution in [0.5, 0.6) is 0 Å². The molecule has 0 fully saturated rings. The van der Waals surface area contributed by atoms with Crippen molar-refractivity contribution in [2.45, 2.75) is 6.54 Å². The van der Waals surface area contributed by atoms with E-state index in [1.807, 2.05) is 12.1 Å². The third-order valence-corrected chi connectivity index (χ3v) is 2.52. The standard InChI is InChI=1S/C13H12ClN3O/c14-11-3-1-2-10(8-11)4-5-13(18)15-9-12-6-7-16-17-12/h1-8H,9H2,(H,15,18)(H,16,17). The van der Waals surface area contributed by atoms with Gasteiger partial charge in [0.05, 0.1) is 12.2 Å². The van der Waals surface area contributed by atoms with Crippen molar-refractivity contribution in [2.75, 3.05) is 0 Å². The molecule has 1 amide bonds. The number of nitrogens with zero attached hydrogens (tertiary/aromatic N) is 1. The van der Waals surface area contributed by atoms with Crippen LogP contribution in [0.4, 0.5) is 0 Å². The normalized spacial score (nSPS) is 10.7. The lowest BCUT2D eigenvalue weighted by Crippen LogP contribution is -2.20. The molecule has 18 heavy (non-hydrogen) atoms. The van der Waals surface area contributed by atoms with E-state index in [1.165, 1.54) is 6.08 Å². The van der Waals surface area contributed by atoms with Crippen molar-refractivity contribution in [1.29, 1.82) is 0 Å². The first-order chi connectivity index (χ1) is 8.74. The Morgan fingerprint density at radius 1 is 1.44 bits per heavy atom. The highest BCUT2D eigenvalue weighted by molar-refractivity contribution is 6.30. The van der Waals surface area contributed by atoms with E-state index in [0.717, 1.165) is 11.3 Å². The van der Waals surface area contributed by atoms with Gasteiger partial charge in [0.2, 0.25) is 5.91 Å². The number of carbonyl (C=O) groups is 1. The summed E-state index contributed by atoms with van der Waals surface area (Å²) in [6.07, 6.45) is 4.83. The smallest absolute Gasteiger partial charge is 0.244 e. The molecule has 0 saturated carbocycles. The molecule has 2 rings (SSSR count). The predicted octanol–water partition coefficient (Wildman–Crippen LogP) is 2.39. The van der Waals surface area contributed by atoms with Crippen molar-refractivity contribution in [1.82, 2.24) is 15.5 Å². The zero-order chi connectivity index (χ0) is 12.8. The number of halogens is 1. The van der Waals surface area contributed by atoms with Crippen molar-refractivity contribution in [3.05, 3.63) is 58.9 Å². The summed E-state index contributed by atoms with van der Waals surface area (Å²) in [6, 6.07) is 9.10. The monoisotopic (exact) mass is 261 g/mol. The molecular weight excluding hydrogens is 250 g/mol. The second-order valence-electron chi connectivity index (χ2n) is 3.69. The molecule has 4 nitrogen and oxygen atoms in total. The van der Waals surface area contributed by atoms with Gasteiger partial charge in [0.1, 0.15) is 0 Å². The molecule has 0 aliphatic heterocycles. The van der Waals surface area contributed by atoms with Gasteiger partial charge in [-0.1, -0.05) is 23.7 Å². The number of H-pyrrole nitrogens is 1. The van der Waals surface area contributed by atoms with E-state index in [1.54, 1.807) is 30.5 Å². The second-order valence-corrected chi connectivity index (χ2v) is 4.12. The molecule has 0 spiro atoms. The first kappa shape index (κ1) is 12.4. The molecule has 1 heterocycles. The third kappa shape index (κ3) is 3.75. The minimum atomic E-state index is -0.162. The molecule has 2 aromatic rings. The second kappa shape index (κ2) is 6.02. The van der Waals surface area contributed by atoms with Crippen LogP contribution in [0.15, 0.2) is 42.6 Å². The number of hydrogen-bond donors (Lipinski definition) is 2. The van der Waals surface area contributed by atoms with Gasteiger partial charge in [-0.3, -0.25) is 9.89 Å². The van der Waals surface area contributed by atoms with Gasteiger partial charge >= 0.3 is 0 Å². The number of aromatic nitrogens is 2. The summed E-state index contributed by atoms with van der Waals surface area (Å²) in [5, 5.41) is 9.95. The molecule has 1 aromatic heterocycles. The van der Waals surface area contributed by atoms with Crippen LogP contribution in [0.1, 0.15) is 11.3 Å². The van der Waals surface area contributed by atoms with Gasteiger partial charge < -0.3 is 5.32 Å². The van der Waals surface area contributed by atoms with Gasteiger partial charge in [-0.15, -0.1) is 0 Å². The number of rotatable bonds is 4. The summed E-state index contributed by atoms with van der Waals surface area (Å²) in [5.74, 6) is -0.162. The first-order valence-corrected chi connectivity index (χ1v) is 5.81. The third-order valence-electron chi connectivity index (χ3n) is 2.29. The van der Waals surface area contributed by atoms with E-state index in [0.29, 0.717) is 11.6 Å². The van der Waals surface area contributed by atoms with Gasteiger partial charge in [0.25, 0.3) is 0 Å². The fourth-order valence-corrected chi connectivity index (χ4v) is 1.61. The molecule has 0 saturated heterocycles. The Bertz CT molecular complexity index is 549. The van der Waals surface area contributed by atoms with Crippen LogP contribution < -0.4 is 5.32 Å². The Morgan fingerprint density at radius 2 is 2.33 bits per heavy atom. The minimum absolute atomic E-state index is 0.162. The van der Waals surface area contributed by atoms with E-state index >= 15 is 0 Å². The number of carbonyl (C=O) groups excluding carboxylic acids is 1. The largest absolute Gasteiger partial charge is 0.347 e. The minimum Gasteiger partial charge on any atom is -0.347 e. The lowest BCUT2D eigenvalue weighted by molar-refractivity contribution is -0.116. The average molecular weight is 262 g/mol. The lowest BCUT2D eigenvalue weighted by atomic mass is 10.2. The fraction of sp³-hybridized carbons (Fsp3) is 0.0769. The van der Waals surface area contributed by atoms with Crippen molar-refractivity contribution in [3.8, 4) is 0 Å². The Kier molecular flexibility index (Phi) is 4.15. The van der Waals surface area contributed by atoms with Crippen LogP contribution in [-0.2, 0) is 11.3 Å². The zero-order valence-electron chi connectivity index (χ0n) is 9.56. The van der Waals surface area contributed by atoms with Gasteiger partial charge in [0, 0.05) is 17.3 Å². The SMILES string of the molecule is O=C(C=Cc1cccc(Cl)c1)NCc1ccn[nH]1. The molecule has 92 valence electrons. The molecular formula is C13H12ClN3O. The van der Waals surface area contributed by atoms with Crippen molar-refractivity contribution in [2.24, 2.45) is 0 Å². The Balaban J connectivity index is 1.87. The van der Waals surface area contributed by atoms with Crippen LogP contribution in [0, 0.1) is 0 Å². The Labute approximate surface area is 110 Å². The highest BCUT2D eigenvalue weighted by Crippen LogP contribution is 2.11. The van der Waals surface area contributed by atoms with Crippen LogP contribution in [0.25, 0.3) is 6.08 Å². The topological polar surface area (TPSA) is 57.8 Å². The summed E-state index contributed by atoms with van der Waals surface area (Å²) in [7, 11) is 0. The summed E-state index contributed by atoms with van der Waals surface area (Å²) in [4.78, 5) is 11.5. The molecule has 2 N–H and O–H groups in total. The van der Waals surface area contributed by atoms with Crippen molar-refractivity contribution in [3.63, 3.8) is 0 Å². The molecule has 0 unspecified atom stereocenters. The maximum absolute atomic E-state index is 11.5. The summed E-state index contributed by atoms with van der Waals surface area (Å²) in [6.45, 7) is 0.429. The molecule has 0 aliphatic carbocycles. The molecule has 1 aromatic carbocycles. The average Bonchev–Trinajstić information content (AvgIpc) is 2.87. The van der Waals surface area contributed by atoms with E-state index in [-0.39, 0.29) is 5.91 Å². The van der Waals surface area contributed by atoms with Gasteiger partial charge in [-0.2, -0.15) is 5.10 Å². The van der Waals surface area contributed by atoms with E-state index in [9.17, 15) is 4.79 Å². The number of benzene rings is 1. The van der Waals surface area contributed by atoms with Crippen molar-refractivity contribution >= 4 is 23.6 Å². The summed E-state index contributed by atoms with van der Waals surface area (Å²) >= 11 is 5.84. The van der Waals surface area contributed by atoms with E-state index < -0.39 is 0 Å². The van der Waals surface area contributed by atoms with E-state index in [4.69, 9.17) is 11.6 Å². The highest BCUT2D eigenvalue weighted by Gasteiger charge is 1.97. The maximum atomic E-state index is 11.5. The van der Waals surface area contributed by atoms with Crippen LogP contribution in [0.2, 0.25) is 5.02 Å². The van der Waals surface area contributed by atoms with Crippen LogP contribution >= 0.6 is 11.6 Å². The highest BCUT2D eigenvalue weighted by atomic mass is 35.5. The molecule has 0 atom stereocenters. The number of nitrogens with one attached hydrogen (secondary N) is 2. The number of amides is 1. The van der Waals surface area contributed by atoms with Crippen molar-refractivity contribution < 1.29 is 4.79 Å². The van der Waals surface area contributed by atoms with E-state index in [2.05, 4.69) is 15.5 Å². The van der Waals surface area contributed by atoms with Gasteiger partial charge in [-0.25, -0.2) is 0 Å². The van der Waals surface area contributed by atoms with Crippen LogP contribution in [0.3, 0.4) is 0 Å². The quantitative estimate of drug-likeness (QED) is 0.831. The first-order valence-electron chi connectivity index (χ1n) is 5.44. The molecule has 0 aliphatic rings. The van der Waals surface area contributed by atoms with Crippen LogP contribution in [-0.4, -0.2) is 16.1 Å². The maximum Gasteiger partial charge on any atom is 0.244 e. The Morgan fingerprint density at radius 3 is 3.06 bits per heavy atom.